The Bertz CT molecular complexity index is 737. The summed E-state index contributed by atoms with van der Waals surface area (Å²) in [5.41, 5.74) is 1.53. The van der Waals surface area contributed by atoms with Crippen molar-refractivity contribution in [2.45, 2.75) is 38.1 Å². The number of hydrogen-bond donors (Lipinski definition) is 0. The fourth-order valence-electron chi connectivity index (χ4n) is 3.56. The van der Waals surface area contributed by atoms with Crippen molar-refractivity contribution in [3.63, 3.8) is 0 Å². The highest BCUT2D eigenvalue weighted by Gasteiger charge is 2.50. The maximum atomic E-state index is 12.5. The molecule has 2 aliphatic rings. The third-order valence-corrected chi connectivity index (χ3v) is 4.94. The van der Waals surface area contributed by atoms with Crippen LogP contribution in [0, 0.1) is 6.92 Å². The second-order valence-corrected chi connectivity index (χ2v) is 6.87. The third-order valence-electron chi connectivity index (χ3n) is 4.94. The van der Waals surface area contributed by atoms with Gasteiger partial charge in [-0.25, -0.2) is 0 Å². The van der Waals surface area contributed by atoms with Gasteiger partial charge in [-0.05, 0) is 31.5 Å². The van der Waals surface area contributed by atoms with Crippen LogP contribution in [0.1, 0.15) is 34.7 Å². The van der Waals surface area contributed by atoms with Crippen LogP contribution in [0.4, 0.5) is 0 Å². The highest BCUT2D eigenvalue weighted by atomic mass is 16.5. The third kappa shape index (κ3) is 3.32. The summed E-state index contributed by atoms with van der Waals surface area (Å²) < 4.78 is 17.3. The molecule has 2 fully saturated rings. The molecule has 0 N–H and O–H groups in total. The summed E-state index contributed by atoms with van der Waals surface area (Å²) in [6, 6.07) is 7.63. The molecule has 2 aromatic rings. The van der Waals surface area contributed by atoms with Crippen LogP contribution in [0.25, 0.3) is 0 Å². The van der Waals surface area contributed by atoms with Gasteiger partial charge < -0.3 is 18.8 Å². The summed E-state index contributed by atoms with van der Waals surface area (Å²) in [5.74, 6) is 0.363. The molecule has 4 heterocycles. The van der Waals surface area contributed by atoms with E-state index < -0.39 is 0 Å². The van der Waals surface area contributed by atoms with Gasteiger partial charge in [0, 0.05) is 24.8 Å². The number of ether oxygens (including phenoxy) is 2. The van der Waals surface area contributed by atoms with E-state index in [9.17, 15) is 4.79 Å². The number of amides is 1. The Morgan fingerprint density at radius 3 is 3.00 bits per heavy atom. The predicted molar refractivity (Wildman–Crippen MR) is 90.1 cm³/mol. The first kappa shape index (κ1) is 16.3. The Labute approximate surface area is 146 Å². The van der Waals surface area contributed by atoms with E-state index in [4.69, 9.17) is 13.9 Å². The van der Waals surface area contributed by atoms with E-state index in [1.807, 2.05) is 25.1 Å². The molecule has 2 saturated heterocycles. The van der Waals surface area contributed by atoms with Gasteiger partial charge in [-0.1, -0.05) is 6.07 Å². The lowest BCUT2D eigenvalue weighted by Gasteiger charge is -2.52. The van der Waals surface area contributed by atoms with Crippen LogP contribution in [0.3, 0.4) is 0 Å². The zero-order valence-corrected chi connectivity index (χ0v) is 14.3. The van der Waals surface area contributed by atoms with E-state index in [0.717, 1.165) is 24.1 Å². The van der Waals surface area contributed by atoms with E-state index in [2.05, 4.69) is 4.98 Å². The van der Waals surface area contributed by atoms with Gasteiger partial charge >= 0.3 is 0 Å². The van der Waals surface area contributed by atoms with Gasteiger partial charge in [-0.2, -0.15) is 0 Å². The quantitative estimate of drug-likeness (QED) is 0.854. The molecule has 132 valence electrons. The number of carbonyl (C=O) groups excluding carboxylic acids is 1. The van der Waals surface area contributed by atoms with Crippen molar-refractivity contribution in [3.8, 4) is 0 Å². The van der Waals surface area contributed by atoms with E-state index in [-0.39, 0.29) is 17.6 Å². The summed E-state index contributed by atoms with van der Waals surface area (Å²) in [4.78, 5) is 18.5. The second kappa shape index (κ2) is 6.61. The SMILES string of the molecule is Cc1ccoc1C(=O)N1CC2(CC(OCc3ccccn3)CCO2)C1. The van der Waals surface area contributed by atoms with Crippen molar-refractivity contribution in [1.29, 1.82) is 0 Å². The van der Waals surface area contributed by atoms with Crippen LogP contribution in [0.5, 0.6) is 0 Å². The molecule has 0 aliphatic carbocycles. The predicted octanol–water partition coefficient (Wildman–Crippen LogP) is 2.57. The molecule has 0 radical (unpaired) electrons. The lowest BCUT2D eigenvalue weighted by Crippen LogP contribution is -2.67. The minimum atomic E-state index is -0.275. The van der Waals surface area contributed by atoms with Gasteiger partial charge in [0.05, 0.1) is 37.8 Å². The minimum Gasteiger partial charge on any atom is -0.459 e. The number of carbonyl (C=O) groups is 1. The zero-order valence-electron chi connectivity index (χ0n) is 14.3. The van der Waals surface area contributed by atoms with Gasteiger partial charge in [-0.3, -0.25) is 9.78 Å². The number of aromatic nitrogens is 1. The molecule has 1 spiro atoms. The Balaban J connectivity index is 1.32. The molecule has 1 amide bonds. The molecule has 0 bridgehead atoms. The number of hydrogen-bond acceptors (Lipinski definition) is 5. The molecule has 0 saturated carbocycles. The van der Waals surface area contributed by atoms with Crippen molar-refractivity contribution in [2.75, 3.05) is 19.7 Å². The topological polar surface area (TPSA) is 64.8 Å². The van der Waals surface area contributed by atoms with Crippen molar-refractivity contribution in [3.05, 3.63) is 53.7 Å². The first-order valence-electron chi connectivity index (χ1n) is 8.64. The lowest BCUT2D eigenvalue weighted by molar-refractivity contribution is -0.188. The molecule has 25 heavy (non-hydrogen) atoms. The number of furan rings is 1. The Kier molecular flexibility index (Phi) is 4.31. The summed E-state index contributed by atoms with van der Waals surface area (Å²) in [7, 11) is 0. The van der Waals surface area contributed by atoms with Gasteiger partial charge in [0.15, 0.2) is 5.76 Å². The van der Waals surface area contributed by atoms with Gasteiger partial charge in [0.25, 0.3) is 5.91 Å². The lowest BCUT2D eigenvalue weighted by atomic mass is 9.84. The standard InChI is InChI=1S/C19H22N2O4/c1-14-5-8-23-17(14)18(22)21-12-19(13-21)10-16(6-9-25-19)24-11-15-4-2-3-7-20-15/h2-5,7-8,16H,6,9-13H2,1H3. The highest BCUT2D eigenvalue weighted by Crippen LogP contribution is 2.36. The smallest absolute Gasteiger partial charge is 0.290 e. The highest BCUT2D eigenvalue weighted by molar-refractivity contribution is 5.93. The number of pyridine rings is 1. The van der Waals surface area contributed by atoms with Crippen molar-refractivity contribution >= 4 is 5.91 Å². The zero-order chi connectivity index (χ0) is 17.3. The molecule has 4 rings (SSSR count). The first-order chi connectivity index (χ1) is 12.2. The second-order valence-electron chi connectivity index (χ2n) is 6.87. The van der Waals surface area contributed by atoms with Crippen LogP contribution >= 0.6 is 0 Å². The van der Waals surface area contributed by atoms with Crippen LogP contribution in [-0.4, -0.2) is 47.2 Å². The minimum absolute atomic E-state index is 0.0618. The average molecular weight is 342 g/mol. The summed E-state index contributed by atoms with van der Waals surface area (Å²) >= 11 is 0. The average Bonchev–Trinajstić information content (AvgIpc) is 3.04. The van der Waals surface area contributed by atoms with Crippen LogP contribution in [-0.2, 0) is 16.1 Å². The van der Waals surface area contributed by atoms with Crippen molar-refractivity contribution in [2.24, 2.45) is 0 Å². The molecule has 1 atom stereocenters. The Morgan fingerprint density at radius 2 is 2.28 bits per heavy atom. The largest absolute Gasteiger partial charge is 0.459 e. The van der Waals surface area contributed by atoms with Crippen LogP contribution < -0.4 is 0 Å². The summed E-state index contributed by atoms with van der Waals surface area (Å²) in [6.45, 7) is 4.24. The summed E-state index contributed by atoms with van der Waals surface area (Å²) in [6.07, 6.45) is 5.14. The van der Waals surface area contributed by atoms with Gasteiger partial charge in [0.2, 0.25) is 0 Å². The fraction of sp³-hybridized carbons (Fsp3) is 0.474. The monoisotopic (exact) mass is 342 g/mol. The van der Waals surface area contributed by atoms with E-state index in [1.54, 1.807) is 23.4 Å². The van der Waals surface area contributed by atoms with Gasteiger partial charge in [0.1, 0.15) is 5.60 Å². The number of nitrogens with zero attached hydrogens (tertiary/aromatic N) is 2. The molecular formula is C19H22N2O4. The van der Waals surface area contributed by atoms with E-state index in [0.29, 0.717) is 32.1 Å². The molecule has 0 aromatic carbocycles. The van der Waals surface area contributed by atoms with E-state index >= 15 is 0 Å². The molecule has 6 heteroatoms. The Morgan fingerprint density at radius 1 is 1.40 bits per heavy atom. The molecule has 6 nitrogen and oxygen atoms in total. The molecule has 2 aromatic heterocycles. The summed E-state index contributed by atoms with van der Waals surface area (Å²) in [5, 5.41) is 0. The van der Waals surface area contributed by atoms with Crippen LogP contribution in [0.15, 0.2) is 41.1 Å². The molecular weight excluding hydrogens is 320 g/mol. The first-order valence-corrected chi connectivity index (χ1v) is 8.64. The normalized spacial score (nSPS) is 22.0. The van der Waals surface area contributed by atoms with Crippen molar-refractivity contribution in [1.82, 2.24) is 9.88 Å². The molecule has 1 unspecified atom stereocenters. The fourth-order valence-corrected chi connectivity index (χ4v) is 3.56. The number of rotatable bonds is 4. The molecule has 2 aliphatic heterocycles. The van der Waals surface area contributed by atoms with E-state index in [1.165, 1.54) is 0 Å². The number of aryl methyl sites for hydroxylation is 1. The van der Waals surface area contributed by atoms with Crippen molar-refractivity contribution < 1.29 is 18.7 Å². The number of likely N-dealkylation sites (tertiary alicyclic amines) is 1. The maximum absolute atomic E-state index is 12.5. The maximum Gasteiger partial charge on any atom is 0.290 e. The van der Waals surface area contributed by atoms with Gasteiger partial charge in [-0.15, -0.1) is 0 Å². The Hall–Kier alpha value is -2.18. The van der Waals surface area contributed by atoms with Crippen LogP contribution in [0.2, 0.25) is 0 Å².